The second-order valence-corrected chi connectivity index (χ2v) is 16.8. The Morgan fingerprint density at radius 3 is 1.48 bits per heavy atom. The van der Waals surface area contributed by atoms with E-state index in [1.807, 2.05) is 27.2 Å². The molecule has 0 radical (unpaired) electrons. The zero-order chi connectivity index (χ0) is 41.4. The molecule has 1 unspecified atom stereocenters. The van der Waals surface area contributed by atoms with E-state index in [9.17, 15) is 19.0 Å². The Morgan fingerprint density at radius 1 is 0.554 bits per heavy atom. The Labute approximate surface area is 342 Å². The van der Waals surface area contributed by atoms with Gasteiger partial charge in [-0.3, -0.25) is 14.2 Å². The van der Waals surface area contributed by atoms with E-state index in [1.165, 1.54) is 51.4 Å². The quantitative estimate of drug-likeness (QED) is 0.0199. The van der Waals surface area contributed by atoms with Gasteiger partial charge in [0.15, 0.2) is 6.10 Å². The highest BCUT2D eigenvalue weighted by atomic mass is 31.2. The summed E-state index contributed by atoms with van der Waals surface area (Å²) in [5.41, 5.74) is 0. The maximum Gasteiger partial charge on any atom is 0.306 e. The van der Waals surface area contributed by atoms with Crippen molar-refractivity contribution < 1.29 is 42.1 Å². The molecule has 0 aliphatic carbocycles. The van der Waals surface area contributed by atoms with Gasteiger partial charge in [0.2, 0.25) is 0 Å². The van der Waals surface area contributed by atoms with Crippen LogP contribution in [0.25, 0.3) is 0 Å². The Balaban J connectivity index is 4.51. The van der Waals surface area contributed by atoms with E-state index in [0.29, 0.717) is 23.9 Å². The number of nitrogens with zero attached hydrogens (tertiary/aromatic N) is 1. The molecule has 0 aliphatic heterocycles. The molecule has 0 heterocycles. The van der Waals surface area contributed by atoms with Crippen molar-refractivity contribution >= 4 is 19.8 Å². The number of phosphoric acid groups is 1. The number of ether oxygens (including phenoxy) is 2. The van der Waals surface area contributed by atoms with Crippen molar-refractivity contribution in [2.45, 2.75) is 161 Å². The van der Waals surface area contributed by atoms with Crippen LogP contribution in [0.3, 0.4) is 0 Å². The fraction of sp³-hybridized carbons (Fsp3) is 0.696. The first-order valence-corrected chi connectivity index (χ1v) is 23.1. The summed E-state index contributed by atoms with van der Waals surface area (Å²) in [6.07, 6.45) is 46.4. The second kappa shape index (κ2) is 38.0. The summed E-state index contributed by atoms with van der Waals surface area (Å²) in [5, 5.41) is 0. The second-order valence-electron chi connectivity index (χ2n) is 15.3. The van der Waals surface area contributed by atoms with Crippen molar-refractivity contribution in [3.63, 3.8) is 0 Å². The van der Waals surface area contributed by atoms with Crippen LogP contribution >= 0.6 is 7.82 Å². The van der Waals surface area contributed by atoms with Crippen molar-refractivity contribution in [1.29, 1.82) is 0 Å². The monoisotopic (exact) mass is 806 g/mol. The lowest BCUT2D eigenvalue weighted by molar-refractivity contribution is -0.870. The van der Waals surface area contributed by atoms with Crippen molar-refractivity contribution in [3.05, 3.63) is 72.9 Å². The molecule has 0 spiro atoms. The highest BCUT2D eigenvalue weighted by Gasteiger charge is 2.21. The van der Waals surface area contributed by atoms with E-state index >= 15 is 0 Å². The smallest absolute Gasteiger partial charge is 0.306 e. The standard InChI is InChI=1S/C46H80NO8P/c1-6-8-10-12-14-16-18-20-22-23-25-26-28-30-32-34-36-38-45(48)52-42-44(43-54-56(50,51)53-41-40-47(3,4)5)55-46(49)39-37-35-33-31-29-27-24-21-19-17-15-13-11-9-7-2/h14-17,20-22,24-26,30,32,44H,6-13,18-19,23,27-29,31,33-43H2,1-5H3/b16-14-,17-15-,22-20-,24-21-,26-25-,32-30-/t44-/m1/s1. The van der Waals surface area contributed by atoms with Gasteiger partial charge in [-0.1, -0.05) is 132 Å². The summed E-state index contributed by atoms with van der Waals surface area (Å²) in [5.74, 6) is -0.923. The van der Waals surface area contributed by atoms with Gasteiger partial charge < -0.3 is 27.9 Å². The number of hydrogen-bond acceptors (Lipinski definition) is 8. The fourth-order valence-electron chi connectivity index (χ4n) is 5.26. The number of likely N-dealkylation sites (N-methyl/N-ethyl adjacent to an activating group) is 1. The molecular weight excluding hydrogens is 725 g/mol. The SMILES string of the molecule is CCCCC/C=C\C/C=C\C/C=C\C/C=C\CCCC(=O)OC[C@H](COP(=O)([O-])OCC[N+](C)(C)C)OC(=O)CCCCCCC/C=C\C/C=C\CCCCC. The van der Waals surface area contributed by atoms with E-state index in [-0.39, 0.29) is 26.1 Å². The lowest BCUT2D eigenvalue weighted by atomic mass is 10.1. The summed E-state index contributed by atoms with van der Waals surface area (Å²) >= 11 is 0. The molecule has 322 valence electrons. The van der Waals surface area contributed by atoms with Gasteiger partial charge in [0.1, 0.15) is 19.8 Å². The minimum absolute atomic E-state index is 0.0457. The number of allylic oxidation sites excluding steroid dienone is 12. The van der Waals surface area contributed by atoms with Crippen LogP contribution in [-0.2, 0) is 32.7 Å². The molecule has 0 rings (SSSR count). The van der Waals surface area contributed by atoms with Crippen LogP contribution in [0.2, 0.25) is 0 Å². The Kier molecular flexibility index (Phi) is 36.3. The van der Waals surface area contributed by atoms with Gasteiger partial charge in [-0.25, -0.2) is 0 Å². The highest BCUT2D eigenvalue weighted by Crippen LogP contribution is 2.38. The van der Waals surface area contributed by atoms with Crippen molar-refractivity contribution in [3.8, 4) is 0 Å². The summed E-state index contributed by atoms with van der Waals surface area (Å²) in [6, 6.07) is 0. The number of hydrogen-bond donors (Lipinski definition) is 0. The van der Waals surface area contributed by atoms with Crippen LogP contribution in [0.15, 0.2) is 72.9 Å². The third-order valence-electron chi connectivity index (χ3n) is 8.70. The molecule has 0 saturated carbocycles. The molecule has 0 aromatic rings. The minimum Gasteiger partial charge on any atom is -0.756 e. The van der Waals surface area contributed by atoms with Gasteiger partial charge in [-0.05, 0) is 83.5 Å². The summed E-state index contributed by atoms with van der Waals surface area (Å²) in [4.78, 5) is 37.5. The zero-order valence-corrected chi connectivity index (χ0v) is 36.9. The number of rotatable bonds is 38. The molecule has 0 aliphatic rings. The summed E-state index contributed by atoms with van der Waals surface area (Å²) in [7, 11) is 1.11. The number of carbonyl (C=O) groups excluding carboxylic acids is 2. The first kappa shape index (κ1) is 53.5. The minimum atomic E-state index is -4.64. The number of esters is 2. The Bertz CT molecular complexity index is 1180. The van der Waals surface area contributed by atoms with E-state index < -0.39 is 32.5 Å². The summed E-state index contributed by atoms with van der Waals surface area (Å²) in [6.45, 7) is 4.07. The van der Waals surface area contributed by atoms with Crippen LogP contribution < -0.4 is 4.89 Å². The highest BCUT2D eigenvalue weighted by molar-refractivity contribution is 7.45. The van der Waals surface area contributed by atoms with E-state index in [0.717, 1.165) is 64.2 Å². The Morgan fingerprint density at radius 2 is 0.982 bits per heavy atom. The van der Waals surface area contributed by atoms with Gasteiger partial charge in [-0.15, -0.1) is 0 Å². The molecule has 56 heavy (non-hydrogen) atoms. The molecule has 9 nitrogen and oxygen atoms in total. The van der Waals surface area contributed by atoms with Crippen LogP contribution in [0.5, 0.6) is 0 Å². The number of unbranched alkanes of at least 4 members (excludes halogenated alkanes) is 12. The van der Waals surface area contributed by atoms with E-state index in [4.69, 9.17) is 18.5 Å². The molecule has 0 fully saturated rings. The first-order valence-electron chi connectivity index (χ1n) is 21.6. The van der Waals surface area contributed by atoms with Crippen molar-refractivity contribution in [2.75, 3.05) is 47.5 Å². The van der Waals surface area contributed by atoms with Gasteiger partial charge in [0, 0.05) is 12.8 Å². The van der Waals surface area contributed by atoms with E-state index in [1.54, 1.807) is 0 Å². The lowest BCUT2D eigenvalue weighted by Crippen LogP contribution is -2.37. The van der Waals surface area contributed by atoms with Crippen molar-refractivity contribution in [1.82, 2.24) is 0 Å². The number of carbonyl (C=O) groups is 2. The van der Waals surface area contributed by atoms with Crippen LogP contribution in [-0.4, -0.2) is 70.0 Å². The molecule has 0 amide bonds. The third-order valence-corrected chi connectivity index (χ3v) is 9.66. The zero-order valence-electron chi connectivity index (χ0n) is 36.1. The maximum atomic E-state index is 12.7. The normalized spacial score (nSPS) is 14.3. The van der Waals surface area contributed by atoms with Crippen LogP contribution in [0.1, 0.15) is 155 Å². The van der Waals surface area contributed by atoms with Gasteiger partial charge in [-0.2, -0.15) is 0 Å². The molecule has 2 atom stereocenters. The predicted molar refractivity (Wildman–Crippen MR) is 231 cm³/mol. The topological polar surface area (TPSA) is 111 Å². The van der Waals surface area contributed by atoms with Crippen LogP contribution in [0, 0.1) is 0 Å². The van der Waals surface area contributed by atoms with Crippen LogP contribution in [0.4, 0.5) is 0 Å². The van der Waals surface area contributed by atoms with Crippen molar-refractivity contribution in [2.24, 2.45) is 0 Å². The molecule has 10 heteroatoms. The largest absolute Gasteiger partial charge is 0.756 e. The molecule has 0 aromatic carbocycles. The third kappa shape index (κ3) is 41.1. The fourth-order valence-corrected chi connectivity index (χ4v) is 5.99. The molecule has 0 bridgehead atoms. The number of phosphoric ester groups is 1. The average Bonchev–Trinajstić information content (AvgIpc) is 3.15. The van der Waals surface area contributed by atoms with Gasteiger partial charge >= 0.3 is 11.9 Å². The Hall–Kier alpha value is -2.55. The lowest BCUT2D eigenvalue weighted by Gasteiger charge is -2.28. The first-order chi connectivity index (χ1) is 27.0. The maximum absolute atomic E-state index is 12.7. The van der Waals surface area contributed by atoms with Gasteiger partial charge in [0.25, 0.3) is 7.82 Å². The van der Waals surface area contributed by atoms with Gasteiger partial charge in [0.05, 0.1) is 27.7 Å². The predicted octanol–water partition coefficient (Wildman–Crippen LogP) is 11.6. The molecule has 0 N–H and O–H groups in total. The molecule has 0 saturated heterocycles. The molecule has 0 aromatic heterocycles. The average molecular weight is 806 g/mol. The van der Waals surface area contributed by atoms with E-state index in [2.05, 4.69) is 80.7 Å². The summed E-state index contributed by atoms with van der Waals surface area (Å²) < 4.78 is 33.8. The molecular formula is C46H80NO8P. The number of quaternary nitrogens is 1.